The van der Waals surface area contributed by atoms with Gasteiger partial charge in [0.25, 0.3) is 0 Å². The second-order valence-electron chi connectivity index (χ2n) is 6.74. The summed E-state index contributed by atoms with van der Waals surface area (Å²) >= 11 is 0. The molecule has 3 rings (SSSR count). The molecule has 0 unspecified atom stereocenters. The minimum atomic E-state index is -0.394. The van der Waals surface area contributed by atoms with E-state index in [2.05, 4.69) is 17.2 Å². The van der Waals surface area contributed by atoms with Crippen LogP contribution < -0.4 is 15.7 Å². The van der Waals surface area contributed by atoms with Gasteiger partial charge in [0.05, 0.1) is 17.5 Å². The fourth-order valence-electron chi connectivity index (χ4n) is 2.89. The summed E-state index contributed by atoms with van der Waals surface area (Å²) < 4.78 is 11.0. The van der Waals surface area contributed by atoms with Crippen LogP contribution in [-0.2, 0) is 0 Å². The van der Waals surface area contributed by atoms with E-state index in [9.17, 15) is 4.79 Å². The predicted octanol–water partition coefficient (Wildman–Crippen LogP) is 5.59. The maximum absolute atomic E-state index is 12.1. The van der Waals surface area contributed by atoms with Gasteiger partial charge in [0.1, 0.15) is 5.75 Å². The first-order valence-electron chi connectivity index (χ1n) is 9.57. The van der Waals surface area contributed by atoms with Gasteiger partial charge in [-0.3, -0.25) is 0 Å². The number of hydrogen-bond donors (Lipinski definition) is 1. The maximum atomic E-state index is 12.1. The van der Waals surface area contributed by atoms with Crippen LogP contribution in [0.1, 0.15) is 44.6 Å². The number of rotatable bonds is 9. The van der Waals surface area contributed by atoms with E-state index in [0.29, 0.717) is 10.9 Å². The summed E-state index contributed by atoms with van der Waals surface area (Å²) in [5.74, 6) is 0.833. The Balaban J connectivity index is 1.59. The minimum absolute atomic E-state index is 0.181. The van der Waals surface area contributed by atoms with E-state index in [1.165, 1.54) is 25.7 Å². The SMILES string of the molecule is CCCCCCCOc1ccc(Nc2nc3ccc(C)cc3c(=O)o2)cc1. The van der Waals surface area contributed by atoms with E-state index >= 15 is 0 Å². The number of anilines is 2. The molecule has 0 amide bonds. The number of fused-ring (bicyclic) bond motifs is 1. The van der Waals surface area contributed by atoms with E-state index in [1.54, 1.807) is 6.07 Å². The monoisotopic (exact) mass is 366 g/mol. The lowest BCUT2D eigenvalue weighted by Crippen LogP contribution is -2.05. The molecular formula is C22H26N2O3. The number of aromatic nitrogens is 1. The Hall–Kier alpha value is -2.82. The summed E-state index contributed by atoms with van der Waals surface area (Å²) in [6.07, 6.45) is 6.09. The van der Waals surface area contributed by atoms with Crippen LogP contribution in [-0.4, -0.2) is 11.6 Å². The largest absolute Gasteiger partial charge is 0.494 e. The van der Waals surface area contributed by atoms with Crippen molar-refractivity contribution in [2.24, 2.45) is 0 Å². The maximum Gasteiger partial charge on any atom is 0.348 e. The lowest BCUT2D eigenvalue weighted by atomic mass is 10.2. The van der Waals surface area contributed by atoms with E-state index in [0.717, 1.165) is 30.0 Å². The fraction of sp³-hybridized carbons (Fsp3) is 0.364. The summed E-state index contributed by atoms with van der Waals surface area (Å²) in [7, 11) is 0. The molecular weight excluding hydrogens is 340 g/mol. The summed E-state index contributed by atoms with van der Waals surface area (Å²) in [4.78, 5) is 16.5. The molecule has 0 spiro atoms. The van der Waals surface area contributed by atoms with Crippen molar-refractivity contribution in [3.8, 4) is 5.75 Å². The lowest BCUT2D eigenvalue weighted by molar-refractivity contribution is 0.304. The van der Waals surface area contributed by atoms with Crippen molar-refractivity contribution in [2.75, 3.05) is 11.9 Å². The van der Waals surface area contributed by atoms with Crippen LogP contribution >= 0.6 is 0 Å². The Labute approximate surface area is 159 Å². The molecule has 0 atom stereocenters. The molecule has 142 valence electrons. The second kappa shape index (κ2) is 9.21. The molecule has 0 aliphatic heterocycles. The molecule has 3 aromatic rings. The third kappa shape index (κ3) is 5.33. The van der Waals surface area contributed by atoms with Gasteiger partial charge in [0.15, 0.2) is 0 Å². The molecule has 1 aromatic heterocycles. The molecule has 2 aromatic carbocycles. The first-order chi connectivity index (χ1) is 13.2. The van der Waals surface area contributed by atoms with Crippen LogP contribution in [0.25, 0.3) is 10.9 Å². The number of ether oxygens (including phenoxy) is 1. The highest BCUT2D eigenvalue weighted by molar-refractivity contribution is 5.78. The quantitative estimate of drug-likeness (QED) is 0.500. The fourth-order valence-corrected chi connectivity index (χ4v) is 2.89. The van der Waals surface area contributed by atoms with Gasteiger partial charge in [-0.2, -0.15) is 4.98 Å². The molecule has 27 heavy (non-hydrogen) atoms. The molecule has 0 saturated heterocycles. The molecule has 0 radical (unpaired) electrons. The van der Waals surface area contributed by atoms with Gasteiger partial charge in [-0.1, -0.05) is 44.2 Å². The third-order valence-corrected chi connectivity index (χ3v) is 4.41. The number of hydrogen-bond acceptors (Lipinski definition) is 5. The zero-order valence-corrected chi connectivity index (χ0v) is 16.0. The van der Waals surface area contributed by atoms with Gasteiger partial charge < -0.3 is 14.5 Å². The van der Waals surface area contributed by atoms with E-state index in [-0.39, 0.29) is 6.01 Å². The Morgan fingerprint density at radius 3 is 2.59 bits per heavy atom. The summed E-state index contributed by atoms with van der Waals surface area (Å²) in [5, 5.41) is 3.52. The zero-order chi connectivity index (χ0) is 19.1. The second-order valence-corrected chi connectivity index (χ2v) is 6.74. The van der Waals surface area contributed by atoms with Crippen molar-refractivity contribution < 1.29 is 9.15 Å². The van der Waals surface area contributed by atoms with Gasteiger partial charge in [-0.25, -0.2) is 4.79 Å². The van der Waals surface area contributed by atoms with Gasteiger partial charge in [-0.15, -0.1) is 0 Å². The molecule has 5 nitrogen and oxygen atoms in total. The average Bonchev–Trinajstić information content (AvgIpc) is 2.66. The Morgan fingerprint density at radius 1 is 1.04 bits per heavy atom. The molecule has 0 aliphatic carbocycles. The highest BCUT2D eigenvalue weighted by Crippen LogP contribution is 2.20. The van der Waals surface area contributed by atoms with Crippen LogP contribution in [0.5, 0.6) is 5.75 Å². The van der Waals surface area contributed by atoms with Gasteiger partial charge in [0, 0.05) is 5.69 Å². The minimum Gasteiger partial charge on any atom is -0.494 e. The van der Waals surface area contributed by atoms with Gasteiger partial charge in [0.2, 0.25) is 0 Å². The standard InChI is InChI=1S/C22H26N2O3/c1-3-4-5-6-7-14-26-18-11-9-17(10-12-18)23-22-24-20-13-8-16(2)15-19(20)21(25)27-22/h8-13,15H,3-7,14H2,1-2H3,(H,23,24). The van der Waals surface area contributed by atoms with Crippen molar-refractivity contribution in [1.29, 1.82) is 0 Å². The van der Waals surface area contributed by atoms with Crippen LogP contribution in [0.15, 0.2) is 51.7 Å². The summed E-state index contributed by atoms with van der Waals surface area (Å²) in [6.45, 7) is 4.88. The van der Waals surface area contributed by atoms with Crippen molar-refractivity contribution in [3.05, 3.63) is 58.4 Å². The average molecular weight is 366 g/mol. The highest BCUT2D eigenvalue weighted by Gasteiger charge is 2.07. The van der Waals surface area contributed by atoms with Gasteiger partial charge in [-0.05, 0) is 49.7 Å². The molecule has 0 bridgehead atoms. The van der Waals surface area contributed by atoms with E-state index in [4.69, 9.17) is 9.15 Å². The highest BCUT2D eigenvalue weighted by atomic mass is 16.5. The predicted molar refractivity (Wildman–Crippen MR) is 109 cm³/mol. The van der Waals surface area contributed by atoms with Crippen LogP contribution in [0.4, 0.5) is 11.7 Å². The van der Waals surface area contributed by atoms with Crippen LogP contribution in [0, 0.1) is 6.92 Å². The Morgan fingerprint density at radius 2 is 1.81 bits per heavy atom. The Bertz CT molecular complexity index is 932. The number of aryl methyl sites for hydroxylation is 1. The molecule has 1 heterocycles. The number of benzene rings is 2. The van der Waals surface area contributed by atoms with E-state index in [1.807, 2.05) is 43.3 Å². The topological polar surface area (TPSA) is 64.4 Å². The molecule has 0 saturated carbocycles. The molecule has 0 fully saturated rings. The summed E-state index contributed by atoms with van der Waals surface area (Å²) in [5.41, 5.74) is 2.00. The number of nitrogens with one attached hydrogen (secondary N) is 1. The molecule has 1 N–H and O–H groups in total. The molecule has 5 heteroatoms. The van der Waals surface area contributed by atoms with Crippen LogP contribution in [0.2, 0.25) is 0 Å². The molecule has 0 aliphatic rings. The first-order valence-corrected chi connectivity index (χ1v) is 9.57. The Kier molecular flexibility index (Phi) is 6.47. The van der Waals surface area contributed by atoms with Crippen molar-refractivity contribution in [3.63, 3.8) is 0 Å². The van der Waals surface area contributed by atoms with Crippen LogP contribution in [0.3, 0.4) is 0 Å². The number of unbranched alkanes of at least 4 members (excludes halogenated alkanes) is 4. The number of nitrogens with zero attached hydrogens (tertiary/aromatic N) is 1. The van der Waals surface area contributed by atoms with Crippen molar-refractivity contribution in [1.82, 2.24) is 4.98 Å². The summed E-state index contributed by atoms with van der Waals surface area (Å²) in [6, 6.07) is 13.3. The zero-order valence-electron chi connectivity index (χ0n) is 16.0. The normalized spacial score (nSPS) is 10.9. The third-order valence-electron chi connectivity index (χ3n) is 4.41. The smallest absolute Gasteiger partial charge is 0.348 e. The van der Waals surface area contributed by atoms with Crippen molar-refractivity contribution in [2.45, 2.75) is 46.0 Å². The van der Waals surface area contributed by atoms with Crippen molar-refractivity contribution >= 4 is 22.6 Å². The van der Waals surface area contributed by atoms with Gasteiger partial charge >= 0.3 is 11.6 Å². The lowest BCUT2D eigenvalue weighted by Gasteiger charge is -2.08. The first kappa shape index (κ1) is 19.0. The van der Waals surface area contributed by atoms with E-state index < -0.39 is 5.63 Å².